The highest BCUT2D eigenvalue weighted by atomic mass is 16.5. The molecule has 0 spiro atoms. The van der Waals surface area contributed by atoms with Gasteiger partial charge in [-0.2, -0.15) is 0 Å². The van der Waals surface area contributed by atoms with E-state index in [1.54, 1.807) is 24.4 Å². The van der Waals surface area contributed by atoms with E-state index in [0.717, 1.165) is 10.9 Å². The number of ether oxygens (including phenoxy) is 2. The Bertz CT molecular complexity index is 1240. The number of fused-ring (bicyclic) bond motifs is 1. The van der Waals surface area contributed by atoms with E-state index < -0.39 is 17.7 Å². The van der Waals surface area contributed by atoms with Gasteiger partial charge in [0.25, 0.3) is 11.7 Å². The molecule has 8 heteroatoms. The third kappa shape index (κ3) is 3.93. The maximum atomic E-state index is 13.2. The molecule has 2 aromatic carbocycles. The largest absolute Gasteiger partial charge is 0.507 e. The minimum absolute atomic E-state index is 0.0516. The number of hydrogen-bond donors (Lipinski definition) is 2. The predicted octanol–water partition coefficient (Wildman–Crippen LogP) is 3.17. The molecule has 2 heterocycles. The number of hydrogen-bond acceptors (Lipinski definition) is 6. The molecule has 1 aliphatic rings. The highest BCUT2D eigenvalue weighted by molar-refractivity contribution is 6.46. The lowest BCUT2D eigenvalue weighted by molar-refractivity contribution is -0.140. The van der Waals surface area contributed by atoms with Crippen LogP contribution < -0.4 is 9.47 Å². The molecule has 1 fully saturated rings. The second-order valence-electron chi connectivity index (χ2n) is 8.16. The van der Waals surface area contributed by atoms with Gasteiger partial charge in [-0.15, -0.1) is 0 Å². The first-order valence-electron chi connectivity index (χ1n) is 10.6. The number of amides is 1. The van der Waals surface area contributed by atoms with Crippen molar-refractivity contribution in [3.05, 3.63) is 65.4 Å². The summed E-state index contributed by atoms with van der Waals surface area (Å²) in [6.07, 6.45) is 1.65. The molecule has 1 amide bonds. The van der Waals surface area contributed by atoms with Gasteiger partial charge in [0.05, 0.1) is 25.8 Å². The number of carbonyl (C=O) groups is 2. The normalized spacial score (nSPS) is 17.8. The van der Waals surface area contributed by atoms with Crippen LogP contribution >= 0.6 is 0 Å². The predicted molar refractivity (Wildman–Crippen MR) is 125 cm³/mol. The Labute approximate surface area is 192 Å². The summed E-state index contributed by atoms with van der Waals surface area (Å²) in [5, 5.41) is 12.1. The van der Waals surface area contributed by atoms with Crippen LogP contribution in [0, 0.1) is 0 Å². The molecular weight excluding hydrogens is 422 g/mol. The van der Waals surface area contributed by atoms with Crippen molar-refractivity contribution in [1.82, 2.24) is 14.8 Å². The van der Waals surface area contributed by atoms with Crippen LogP contribution in [0.1, 0.15) is 17.2 Å². The molecule has 172 valence electrons. The summed E-state index contributed by atoms with van der Waals surface area (Å²) in [6, 6.07) is 12.0. The summed E-state index contributed by atoms with van der Waals surface area (Å²) in [5.41, 5.74) is 1.99. The molecule has 1 saturated heterocycles. The van der Waals surface area contributed by atoms with E-state index in [9.17, 15) is 14.7 Å². The van der Waals surface area contributed by atoms with Gasteiger partial charge >= 0.3 is 0 Å². The number of nitrogens with zero attached hydrogens (tertiary/aromatic N) is 2. The summed E-state index contributed by atoms with van der Waals surface area (Å²) in [4.78, 5) is 32.8. The topological polar surface area (TPSA) is 95.1 Å². The zero-order valence-corrected chi connectivity index (χ0v) is 19.1. The van der Waals surface area contributed by atoms with Crippen LogP contribution in [0.2, 0.25) is 0 Å². The van der Waals surface area contributed by atoms with Crippen LogP contribution in [-0.2, 0) is 9.59 Å². The number of H-pyrrole nitrogens is 1. The first-order valence-corrected chi connectivity index (χ1v) is 10.6. The van der Waals surface area contributed by atoms with E-state index in [-0.39, 0.29) is 11.3 Å². The van der Waals surface area contributed by atoms with Crippen LogP contribution in [-0.4, -0.2) is 73.0 Å². The molecule has 33 heavy (non-hydrogen) atoms. The fraction of sp³-hybridized carbons (Fsp3) is 0.280. The second kappa shape index (κ2) is 8.99. The van der Waals surface area contributed by atoms with E-state index in [4.69, 9.17) is 9.47 Å². The number of benzene rings is 2. The van der Waals surface area contributed by atoms with Crippen LogP contribution in [0.3, 0.4) is 0 Å². The number of para-hydroxylation sites is 1. The zero-order valence-electron chi connectivity index (χ0n) is 19.1. The molecule has 3 aromatic rings. The van der Waals surface area contributed by atoms with Crippen molar-refractivity contribution in [2.45, 2.75) is 6.04 Å². The van der Waals surface area contributed by atoms with Gasteiger partial charge < -0.3 is 29.4 Å². The Balaban J connectivity index is 1.91. The van der Waals surface area contributed by atoms with Gasteiger partial charge in [-0.25, -0.2) is 0 Å². The molecule has 0 radical (unpaired) electrons. The molecule has 4 rings (SSSR count). The van der Waals surface area contributed by atoms with Gasteiger partial charge in [0.2, 0.25) is 0 Å². The number of nitrogens with one attached hydrogen (secondary N) is 1. The highest BCUT2D eigenvalue weighted by Crippen LogP contribution is 2.42. The number of aromatic nitrogens is 1. The molecule has 1 aliphatic heterocycles. The van der Waals surface area contributed by atoms with E-state index in [1.165, 1.54) is 19.1 Å². The van der Waals surface area contributed by atoms with Crippen molar-refractivity contribution in [1.29, 1.82) is 0 Å². The minimum Gasteiger partial charge on any atom is -0.507 e. The maximum Gasteiger partial charge on any atom is 0.295 e. The Morgan fingerprint density at radius 3 is 2.52 bits per heavy atom. The first kappa shape index (κ1) is 22.4. The van der Waals surface area contributed by atoms with Crippen molar-refractivity contribution in [2.24, 2.45) is 0 Å². The molecule has 8 nitrogen and oxygen atoms in total. The van der Waals surface area contributed by atoms with Gasteiger partial charge in [-0.1, -0.05) is 24.3 Å². The Kier molecular flexibility index (Phi) is 6.11. The van der Waals surface area contributed by atoms with Crippen molar-refractivity contribution in [3.63, 3.8) is 0 Å². The van der Waals surface area contributed by atoms with Gasteiger partial charge in [-0.05, 0) is 37.9 Å². The number of aliphatic hydroxyl groups excluding tert-OH is 1. The Morgan fingerprint density at radius 1 is 1.09 bits per heavy atom. The SMILES string of the molecule is COc1ccc([C@@H]2/C(=C(\O)c3c[nH]c4ccccc34)C(=O)C(=O)N2CCN(C)C)cc1OC. The number of methoxy groups -OCH3 is 2. The number of ketones is 1. The second-order valence-corrected chi connectivity index (χ2v) is 8.16. The summed E-state index contributed by atoms with van der Waals surface area (Å²) in [6.45, 7) is 0.880. The lowest BCUT2D eigenvalue weighted by Crippen LogP contribution is -2.35. The highest BCUT2D eigenvalue weighted by Gasteiger charge is 2.46. The average Bonchev–Trinajstić information content (AvgIpc) is 3.36. The summed E-state index contributed by atoms with van der Waals surface area (Å²) in [7, 11) is 6.86. The van der Waals surface area contributed by atoms with E-state index in [2.05, 4.69) is 4.98 Å². The van der Waals surface area contributed by atoms with Gasteiger partial charge in [0.15, 0.2) is 11.5 Å². The van der Waals surface area contributed by atoms with Crippen LogP contribution in [0.4, 0.5) is 0 Å². The average molecular weight is 450 g/mol. The van der Waals surface area contributed by atoms with E-state index in [1.807, 2.05) is 43.3 Å². The number of aromatic amines is 1. The van der Waals surface area contributed by atoms with Crippen molar-refractivity contribution in [3.8, 4) is 11.5 Å². The number of likely N-dealkylation sites (N-methyl/N-ethyl adjacent to an activating group) is 1. The zero-order chi connectivity index (χ0) is 23.7. The number of carbonyl (C=O) groups excluding carboxylic acids is 2. The van der Waals surface area contributed by atoms with Crippen molar-refractivity contribution >= 4 is 28.4 Å². The van der Waals surface area contributed by atoms with Crippen LogP contribution in [0.25, 0.3) is 16.7 Å². The minimum atomic E-state index is -0.765. The fourth-order valence-electron chi connectivity index (χ4n) is 4.20. The van der Waals surface area contributed by atoms with Gasteiger partial charge in [-0.3, -0.25) is 9.59 Å². The van der Waals surface area contributed by atoms with Crippen molar-refractivity contribution < 1.29 is 24.2 Å². The summed E-state index contributed by atoms with van der Waals surface area (Å²) in [5.74, 6) is -0.560. The molecule has 1 atom stereocenters. The maximum absolute atomic E-state index is 13.2. The molecule has 0 saturated carbocycles. The molecular formula is C25H27N3O5. The molecule has 1 aromatic heterocycles. The lowest BCUT2D eigenvalue weighted by atomic mass is 9.95. The van der Waals surface area contributed by atoms with Gasteiger partial charge in [0, 0.05) is 35.8 Å². The smallest absolute Gasteiger partial charge is 0.295 e. The van der Waals surface area contributed by atoms with Crippen molar-refractivity contribution in [2.75, 3.05) is 41.4 Å². The molecule has 0 unspecified atom stereocenters. The molecule has 0 aliphatic carbocycles. The quantitative estimate of drug-likeness (QED) is 0.327. The third-order valence-corrected chi connectivity index (χ3v) is 5.90. The number of Topliss-reactive ketones (excluding diaryl/α,β-unsaturated/α-hetero) is 1. The van der Waals surface area contributed by atoms with Crippen LogP contribution in [0.5, 0.6) is 11.5 Å². The summed E-state index contributed by atoms with van der Waals surface area (Å²) < 4.78 is 10.8. The monoisotopic (exact) mass is 449 g/mol. The first-order chi connectivity index (χ1) is 15.9. The lowest BCUT2D eigenvalue weighted by Gasteiger charge is -2.27. The Morgan fingerprint density at radius 2 is 1.82 bits per heavy atom. The fourth-order valence-corrected chi connectivity index (χ4v) is 4.20. The van der Waals surface area contributed by atoms with Gasteiger partial charge in [0.1, 0.15) is 5.76 Å². The molecule has 0 bridgehead atoms. The Hall–Kier alpha value is -3.78. The van der Waals surface area contributed by atoms with Crippen LogP contribution in [0.15, 0.2) is 54.2 Å². The van der Waals surface area contributed by atoms with E-state index in [0.29, 0.717) is 35.7 Å². The number of rotatable bonds is 7. The number of aliphatic hydroxyl groups is 1. The molecule has 2 N–H and O–H groups in total. The van der Waals surface area contributed by atoms with E-state index >= 15 is 0 Å². The summed E-state index contributed by atoms with van der Waals surface area (Å²) >= 11 is 0. The number of likely N-dealkylation sites (tertiary alicyclic amines) is 1. The standard InChI is InChI=1S/C25H27N3O5/c1-27(2)11-12-28-22(15-9-10-19(32-3)20(13-15)33-4)21(24(30)25(28)31)23(29)17-14-26-18-8-6-5-7-16(17)18/h5-10,13-14,22,26,29H,11-12H2,1-4H3/b23-21+/t22-/m1/s1. The third-order valence-electron chi connectivity index (χ3n) is 5.90.